The minimum absolute atomic E-state index is 0.0336. The molecule has 1 amide bonds. The van der Waals surface area contributed by atoms with Crippen LogP contribution in [0.3, 0.4) is 0 Å². The van der Waals surface area contributed by atoms with Gasteiger partial charge in [0.05, 0.1) is 28.5 Å². The molecule has 0 saturated heterocycles. The van der Waals surface area contributed by atoms with E-state index >= 15 is 0 Å². The largest absolute Gasteiger partial charge is 0.342 e. The molecule has 0 aliphatic carbocycles. The van der Waals surface area contributed by atoms with Crippen molar-refractivity contribution in [2.45, 2.75) is 17.4 Å². The molecule has 166 valence electrons. The number of carbonyl (C=O) groups excluding carboxylic acids is 1. The number of benzene rings is 3. The smallest absolute Gasteiger partial charge is 0.251 e. The van der Waals surface area contributed by atoms with Gasteiger partial charge < -0.3 is 10.3 Å². The van der Waals surface area contributed by atoms with E-state index in [0.29, 0.717) is 12.2 Å². The van der Waals surface area contributed by atoms with E-state index in [1.807, 2.05) is 54.6 Å². The maximum atomic E-state index is 13.1. The van der Waals surface area contributed by atoms with Crippen molar-refractivity contribution >= 4 is 27.0 Å². The van der Waals surface area contributed by atoms with Crippen LogP contribution in [0.5, 0.6) is 0 Å². The molecule has 1 aromatic heterocycles. The molecule has 4 aromatic rings. The molecular formula is C25H22N4O3S. The predicted octanol–water partition coefficient (Wildman–Crippen LogP) is 3.19. The molecule has 4 rings (SSSR count). The first-order valence-electron chi connectivity index (χ1n) is 10.3. The number of rotatable bonds is 8. The van der Waals surface area contributed by atoms with Gasteiger partial charge in [-0.2, -0.15) is 4.72 Å². The van der Waals surface area contributed by atoms with E-state index in [1.54, 1.807) is 6.07 Å². The number of aromatic nitrogens is 2. The number of nitrogens with one attached hydrogen (secondary N) is 3. The Kier molecular flexibility index (Phi) is 6.54. The Bertz CT molecular complexity index is 1390. The Morgan fingerprint density at radius 1 is 1.03 bits per heavy atom. The maximum absolute atomic E-state index is 13.1. The van der Waals surface area contributed by atoms with E-state index in [9.17, 15) is 13.2 Å². The van der Waals surface area contributed by atoms with Crippen molar-refractivity contribution in [2.24, 2.45) is 0 Å². The summed E-state index contributed by atoms with van der Waals surface area (Å²) in [6.07, 6.45) is 5.65. The molecule has 0 radical (unpaired) electrons. The molecule has 33 heavy (non-hydrogen) atoms. The normalized spacial score (nSPS) is 12.2. The van der Waals surface area contributed by atoms with Crippen molar-refractivity contribution in [2.75, 3.05) is 6.54 Å². The number of hydrogen-bond donors (Lipinski definition) is 3. The first-order chi connectivity index (χ1) is 16.0. The van der Waals surface area contributed by atoms with Crippen LogP contribution in [0.2, 0.25) is 0 Å². The van der Waals surface area contributed by atoms with Gasteiger partial charge in [-0.1, -0.05) is 54.5 Å². The molecule has 0 bridgehead atoms. The van der Waals surface area contributed by atoms with Gasteiger partial charge in [-0.3, -0.25) is 4.79 Å². The van der Waals surface area contributed by atoms with Gasteiger partial charge in [-0.05, 0) is 42.3 Å². The summed E-state index contributed by atoms with van der Waals surface area (Å²) >= 11 is 0. The summed E-state index contributed by atoms with van der Waals surface area (Å²) in [7, 11) is -3.82. The summed E-state index contributed by atoms with van der Waals surface area (Å²) in [5.74, 6) is 2.44. The number of nitrogens with zero attached hydrogens (tertiary/aromatic N) is 1. The number of aromatic amines is 1. The first kappa shape index (κ1) is 22.3. The van der Waals surface area contributed by atoms with E-state index in [-0.39, 0.29) is 17.0 Å². The molecule has 8 heteroatoms. The Hall–Kier alpha value is -3.93. The topological polar surface area (TPSA) is 104 Å². The van der Waals surface area contributed by atoms with Crippen LogP contribution < -0.4 is 10.0 Å². The second-order valence-electron chi connectivity index (χ2n) is 7.41. The summed E-state index contributed by atoms with van der Waals surface area (Å²) in [6, 6.07) is 22.8. The monoisotopic (exact) mass is 458 g/mol. The number of hydrogen-bond acceptors (Lipinski definition) is 4. The van der Waals surface area contributed by atoms with E-state index in [1.165, 1.54) is 18.2 Å². The molecule has 3 N–H and O–H groups in total. The molecule has 0 aliphatic heterocycles. The highest BCUT2D eigenvalue weighted by atomic mass is 32.2. The highest BCUT2D eigenvalue weighted by Gasteiger charge is 2.21. The van der Waals surface area contributed by atoms with Gasteiger partial charge in [0.15, 0.2) is 0 Å². The van der Waals surface area contributed by atoms with Gasteiger partial charge in [0.1, 0.15) is 5.82 Å². The number of carbonyl (C=O) groups is 1. The molecule has 3 aromatic carbocycles. The number of imidazole rings is 1. The summed E-state index contributed by atoms with van der Waals surface area (Å²) < 4.78 is 27.1. The summed E-state index contributed by atoms with van der Waals surface area (Å²) in [5.41, 5.74) is 2.91. The number of terminal acetylenes is 1. The summed E-state index contributed by atoms with van der Waals surface area (Å²) in [6.45, 7) is -0.135. The third-order valence-corrected chi connectivity index (χ3v) is 6.50. The quantitative estimate of drug-likeness (QED) is 0.353. The predicted molar refractivity (Wildman–Crippen MR) is 127 cm³/mol. The minimum Gasteiger partial charge on any atom is -0.342 e. The van der Waals surface area contributed by atoms with Crippen molar-refractivity contribution in [3.63, 3.8) is 0 Å². The van der Waals surface area contributed by atoms with Gasteiger partial charge in [-0.25, -0.2) is 13.4 Å². The molecule has 0 fully saturated rings. The lowest BCUT2D eigenvalue weighted by molar-refractivity contribution is 0.0934. The van der Waals surface area contributed by atoms with Crippen molar-refractivity contribution in [1.82, 2.24) is 20.0 Å². The first-order valence-corrected chi connectivity index (χ1v) is 11.8. The molecule has 0 spiro atoms. The fraction of sp³-hybridized carbons (Fsp3) is 0.120. The van der Waals surface area contributed by atoms with E-state index in [2.05, 4.69) is 25.9 Å². The van der Waals surface area contributed by atoms with Crippen molar-refractivity contribution in [3.05, 3.63) is 95.8 Å². The number of H-pyrrole nitrogens is 1. The molecule has 1 heterocycles. The van der Waals surface area contributed by atoms with Crippen molar-refractivity contribution < 1.29 is 13.2 Å². The average Bonchev–Trinajstić information content (AvgIpc) is 3.27. The molecule has 0 saturated carbocycles. The van der Waals surface area contributed by atoms with Crippen LogP contribution in [0.15, 0.2) is 83.8 Å². The lowest BCUT2D eigenvalue weighted by atomic mass is 10.0. The highest BCUT2D eigenvalue weighted by molar-refractivity contribution is 7.89. The van der Waals surface area contributed by atoms with Gasteiger partial charge in [0, 0.05) is 5.56 Å². The Balaban J connectivity index is 1.63. The second kappa shape index (κ2) is 9.69. The zero-order valence-electron chi connectivity index (χ0n) is 17.7. The fourth-order valence-corrected chi connectivity index (χ4v) is 4.45. The van der Waals surface area contributed by atoms with Crippen LogP contribution in [0, 0.1) is 12.3 Å². The van der Waals surface area contributed by atoms with Gasteiger partial charge in [0.25, 0.3) is 5.91 Å². The number of fused-ring (bicyclic) bond motifs is 1. The van der Waals surface area contributed by atoms with Gasteiger partial charge >= 0.3 is 0 Å². The van der Waals surface area contributed by atoms with Gasteiger partial charge in [0.2, 0.25) is 10.0 Å². The van der Waals surface area contributed by atoms with E-state index in [4.69, 9.17) is 6.42 Å². The fourth-order valence-electron chi connectivity index (χ4n) is 3.47. The lowest BCUT2D eigenvalue weighted by Gasteiger charge is -2.17. The van der Waals surface area contributed by atoms with Crippen molar-refractivity contribution in [1.29, 1.82) is 0 Å². The number of amides is 1. The zero-order valence-corrected chi connectivity index (χ0v) is 18.5. The number of sulfonamides is 1. The second-order valence-corrected chi connectivity index (χ2v) is 9.18. The van der Waals surface area contributed by atoms with Crippen LogP contribution in [0.4, 0.5) is 0 Å². The van der Waals surface area contributed by atoms with Crippen LogP contribution in [-0.2, 0) is 16.4 Å². The van der Waals surface area contributed by atoms with Crippen molar-refractivity contribution in [3.8, 4) is 12.3 Å². The molecular weight excluding hydrogens is 436 g/mol. The third-order valence-electron chi connectivity index (χ3n) is 5.10. The van der Waals surface area contributed by atoms with Crippen LogP contribution >= 0.6 is 0 Å². The van der Waals surface area contributed by atoms with E-state index in [0.717, 1.165) is 16.6 Å². The average molecular weight is 459 g/mol. The van der Waals surface area contributed by atoms with Crippen LogP contribution in [0.25, 0.3) is 11.0 Å². The van der Waals surface area contributed by atoms with Gasteiger partial charge in [-0.15, -0.1) is 6.42 Å². The molecule has 1 atom stereocenters. The SMILES string of the molecule is C#CCNS(=O)(=O)c1cccc(C(=O)NC(Cc2ccccc2)c2nc3ccccc3[nH]2)c1. The lowest BCUT2D eigenvalue weighted by Crippen LogP contribution is -2.31. The molecule has 7 nitrogen and oxygen atoms in total. The Labute approximate surface area is 192 Å². The summed E-state index contributed by atoms with van der Waals surface area (Å²) in [4.78, 5) is 21.0. The highest BCUT2D eigenvalue weighted by Crippen LogP contribution is 2.21. The van der Waals surface area contributed by atoms with Crippen LogP contribution in [0.1, 0.15) is 27.8 Å². The van der Waals surface area contributed by atoms with Crippen LogP contribution in [-0.4, -0.2) is 30.8 Å². The summed E-state index contributed by atoms with van der Waals surface area (Å²) in [5, 5.41) is 3.00. The minimum atomic E-state index is -3.82. The Morgan fingerprint density at radius 3 is 2.55 bits per heavy atom. The van der Waals surface area contributed by atoms with E-state index < -0.39 is 22.0 Å². The Morgan fingerprint density at radius 2 is 1.79 bits per heavy atom. The molecule has 1 unspecified atom stereocenters. The third kappa shape index (κ3) is 5.29. The maximum Gasteiger partial charge on any atom is 0.251 e. The standard InChI is InChI=1S/C25H22N4O3S/c1-2-15-26-33(31,32)20-12-8-11-19(17-20)25(30)29-23(16-18-9-4-3-5-10-18)24-27-21-13-6-7-14-22(21)28-24/h1,3-14,17,23,26H,15-16H2,(H,27,28)(H,29,30). The number of para-hydroxylation sites is 2. The molecule has 0 aliphatic rings. The zero-order chi connectivity index (χ0) is 23.3.